The van der Waals surface area contributed by atoms with Crippen LogP contribution in [0.5, 0.6) is 5.75 Å². The van der Waals surface area contributed by atoms with Gasteiger partial charge in [-0.2, -0.15) is 4.72 Å². The van der Waals surface area contributed by atoms with Crippen molar-refractivity contribution < 1.29 is 27.5 Å². The van der Waals surface area contributed by atoms with Crippen LogP contribution in [0.3, 0.4) is 0 Å². The topological polar surface area (TPSA) is 111 Å². The van der Waals surface area contributed by atoms with Gasteiger partial charge in [-0.1, -0.05) is 24.3 Å². The molecule has 1 atom stereocenters. The highest BCUT2D eigenvalue weighted by atomic mass is 32.2. The number of hydrogen-bond donors (Lipinski definition) is 2. The lowest BCUT2D eigenvalue weighted by molar-refractivity contribution is -0.151. The van der Waals surface area contributed by atoms with Crippen molar-refractivity contribution in [1.29, 1.82) is 0 Å². The Balaban J connectivity index is 1.91. The molecule has 2 aromatic rings. The van der Waals surface area contributed by atoms with Gasteiger partial charge < -0.3 is 14.8 Å². The number of rotatable bonds is 8. The predicted molar refractivity (Wildman–Crippen MR) is 104 cm³/mol. The summed E-state index contributed by atoms with van der Waals surface area (Å²) in [5, 5.41) is 2.63. The maximum Gasteiger partial charge on any atom is 0.321 e. The molecule has 2 aromatic carbocycles. The van der Waals surface area contributed by atoms with Crippen molar-refractivity contribution in [1.82, 2.24) is 4.72 Å². The summed E-state index contributed by atoms with van der Waals surface area (Å²) in [5.41, 5.74) is 1.36. The zero-order valence-corrected chi connectivity index (χ0v) is 16.6. The lowest BCUT2D eigenvalue weighted by Crippen LogP contribution is -2.35. The molecule has 0 saturated carbocycles. The van der Waals surface area contributed by atoms with E-state index in [1.807, 2.05) is 13.0 Å². The zero-order chi connectivity index (χ0) is 20.7. The largest absolute Gasteiger partial charge is 0.495 e. The van der Waals surface area contributed by atoms with E-state index >= 15 is 0 Å². The van der Waals surface area contributed by atoms with E-state index in [2.05, 4.69) is 10.0 Å². The number of benzene rings is 2. The van der Waals surface area contributed by atoms with Gasteiger partial charge in [-0.05, 0) is 43.7 Å². The molecule has 8 nitrogen and oxygen atoms in total. The molecule has 2 N–H and O–H groups in total. The maximum absolute atomic E-state index is 12.3. The highest BCUT2D eigenvalue weighted by molar-refractivity contribution is 7.89. The molecule has 0 aliphatic rings. The molecule has 0 unspecified atom stereocenters. The van der Waals surface area contributed by atoms with Gasteiger partial charge in [0.15, 0.2) is 6.10 Å². The average Bonchev–Trinajstić information content (AvgIpc) is 2.67. The molecule has 1 amide bonds. The van der Waals surface area contributed by atoms with Crippen LogP contribution in [0.1, 0.15) is 12.5 Å². The van der Waals surface area contributed by atoms with E-state index in [4.69, 9.17) is 9.47 Å². The minimum Gasteiger partial charge on any atom is -0.495 e. The second-order valence-electron chi connectivity index (χ2n) is 5.96. The molecule has 0 spiro atoms. The summed E-state index contributed by atoms with van der Waals surface area (Å²) in [6.45, 7) is 2.65. The molecular weight excluding hydrogens is 384 g/mol. The van der Waals surface area contributed by atoms with Crippen molar-refractivity contribution in [3.8, 4) is 5.75 Å². The SMILES string of the molecule is COc1ccc(C)cc1NC(=O)[C@H](C)OC(=O)CNS(=O)(=O)c1ccccc1. The summed E-state index contributed by atoms with van der Waals surface area (Å²) in [6, 6.07) is 12.9. The molecule has 0 bridgehead atoms. The molecule has 28 heavy (non-hydrogen) atoms. The third-order valence-electron chi connectivity index (χ3n) is 3.75. The van der Waals surface area contributed by atoms with Crippen LogP contribution in [0.15, 0.2) is 53.4 Å². The summed E-state index contributed by atoms with van der Waals surface area (Å²) in [6.07, 6.45) is -1.13. The van der Waals surface area contributed by atoms with Gasteiger partial charge in [0.2, 0.25) is 10.0 Å². The number of amides is 1. The summed E-state index contributed by atoms with van der Waals surface area (Å²) >= 11 is 0. The number of methoxy groups -OCH3 is 1. The molecule has 0 heterocycles. The second-order valence-corrected chi connectivity index (χ2v) is 7.73. The van der Waals surface area contributed by atoms with Crippen LogP contribution in [0.25, 0.3) is 0 Å². The number of aryl methyl sites for hydroxylation is 1. The Morgan fingerprint density at radius 1 is 1.11 bits per heavy atom. The van der Waals surface area contributed by atoms with Gasteiger partial charge in [-0.3, -0.25) is 9.59 Å². The van der Waals surface area contributed by atoms with Crippen LogP contribution in [0, 0.1) is 6.92 Å². The standard InChI is InChI=1S/C19H22N2O6S/c1-13-9-10-17(26-3)16(11-13)21-19(23)14(2)27-18(22)12-20-28(24,25)15-7-5-4-6-8-15/h4-11,14,20H,12H2,1-3H3,(H,21,23)/t14-/m0/s1. The first-order chi connectivity index (χ1) is 13.2. The van der Waals surface area contributed by atoms with Gasteiger partial charge in [0, 0.05) is 0 Å². The maximum atomic E-state index is 12.3. The van der Waals surface area contributed by atoms with Crippen LogP contribution in [0.2, 0.25) is 0 Å². The number of carbonyl (C=O) groups is 2. The fourth-order valence-electron chi connectivity index (χ4n) is 2.28. The molecule has 0 saturated heterocycles. The first kappa shape index (κ1) is 21.4. The highest BCUT2D eigenvalue weighted by Crippen LogP contribution is 2.25. The Labute approximate surface area is 163 Å². The Bertz CT molecular complexity index is 944. The Morgan fingerprint density at radius 2 is 1.79 bits per heavy atom. The lowest BCUT2D eigenvalue weighted by atomic mass is 10.2. The first-order valence-electron chi connectivity index (χ1n) is 8.42. The summed E-state index contributed by atoms with van der Waals surface area (Å²) < 4.78 is 36.5. The fourth-order valence-corrected chi connectivity index (χ4v) is 3.27. The number of nitrogens with one attached hydrogen (secondary N) is 2. The first-order valence-corrected chi connectivity index (χ1v) is 9.91. The summed E-state index contributed by atoms with van der Waals surface area (Å²) in [5.74, 6) is -0.977. The van der Waals surface area contributed by atoms with Crippen LogP contribution in [-0.4, -0.2) is 40.1 Å². The molecule has 0 radical (unpaired) electrons. The molecule has 0 aliphatic carbocycles. The van der Waals surface area contributed by atoms with Crippen LogP contribution in [-0.2, 0) is 24.3 Å². The van der Waals surface area contributed by atoms with Crippen LogP contribution >= 0.6 is 0 Å². The monoisotopic (exact) mass is 406 g/mol. The third-order valence-corrected chi connectivity index (χ3v) is 5.17. The Hall–Kier alpha value is -2.91. The predicted octanol–water partition coefficient (Wildman–Crippen LogP) is 1.85. The normalized spacial score (nSPS) is 12.1. The van der Waals surface area contributed by atoms with E-state index in [0.717, 1.165) is 5.56 Å². The number of anilines is 1. The molecule has 0 fully saturated rings. The van der Waals surface area contributed by atoms with Crippen molar-refractivity contribution in [3.63, 3.8) is 0 Å². The van der Waals surface area contributed by atoms with Gasteiger partial charge in [0.1, 0.15) is 12.3 Å². The number of ether oxygens (including phenoxy) is 2. The molecule has 9 heteroatoms. The van der Waals surface area contributed by atoms with Gasteiger partial charge in [-0.25, -0.2) is 8.42 Å². The zero-order valence-electron chi connectivity index (χ0n) is 15.8. The number of sulfonamides is 1. The second kappa shape index (κ2) is 9.34. The molecule has 2 rings (SSSR count). The van der Waals surface area contributed by atoms with E-state index in [1.165, 1.54) is 26.2 Å². The molecule has 0 aromatic heterocycles. The molecule has 0 aliphatic heterocycles. The molecule has 150 valence electrons. The van der Waals surface area contributed by atoms with Gasteiger partial charge >= 0.3 is 5.97 Å². The lowest BCUT2D eigenvalue weighted by Gasteiger charge is -2.16. The minimum absolute atomic E-state index is 0.0279. The highest BCUT2D eigenvalue weighted by Gasteiger charge is 2.21. The average molecular weight is 406 g/mol. The fraction of sp³-hybridized carbons (Fsp3) is 0.263. The number of carbonyl (C=O) groups excluding carboxylic acids is 2. The number of hydrogen-bond acceptors (Lipinski definition) is 6. The Morgan fingerprint density at radius 3 is 2.43 bits per heavy atom. The van der Waals surface area contributed by atoms with Crippen molar-refractivity contribution in [2.24, 2.45) is 0 Å². The van der Waals surface area contributed by atoms with E-state index in [-0.39, 0.29) is 4.90 Å². The third kappa shape index (κ3) is 5.80. The number of esters is 1. The quantitative estimate of drug-likeness (QED) is 0.648. The summed E-state index contributed by atoms with van der Waals surface area (Å²) in [7, 11) is -2.37. The van der Waals surface area contributed by atoms with Crippen molar-refractivity contribution in [2.75, 3.05) is 19.0 Å². The van der Waals surface area contributed by atoms with Crippen molar-refractivity contribution in [3.05, 3.63) is 54.1 Å². The smallest absolute Gasteiger partial charge is 0.321 e. The van der Waals surface area contributed by atoms with E-state index < -0.39 is 34.5 Å². The van der Waals surface area contributed by atoms with Gasteiger partial charge in [-0.15, -0.1) is 0 Å². The minimum atomic E-state index is -3.84. The van der Waals surface area contributed by atoms with Gasteiger partial charge in [0.25, 0.3) is 5.91 Å². The molecular formula is C19H22N2O6S. The van der Waals surface area contributed by atoms with E-state index in [9.17, 15) is 18.0 Å². The summed E-state index contributed by atoms with van der Waals surface area (Å²) in [4.78, 5) is 24.2. The van der Waals surface area contributed by atoms with Gasteiger partial charge in [0.05, 0.1) is 17.7 Å². The van der Waals surface area contributed by atoms with Crippen LogP contribution in [0.4, 0.5) is 5.69 Å². The Kier molecular flexibility index (Phi) is 7.13. The van der Waals surface area contributed by atoms with E-state index in [0.29, 0.717) is 11.4 Å². The van der Waals surface area contributed by atoms with Crippen molar-refractivity contribution in [2.45, 2.75) is 24.8 Å². The van der Waals surface area contributed by atoms with E-state index in [1.54, 1.807) is 30.3 Å². The van der Waals surface area contributed by atoms with Crippen LogP contribution < -0.4 is 14.8 Å². The van der Waals surface area contributed by atoms with Crippen molar-refractivity contribution >= 4 is 27.6 Å².